The van der Waals surface area contributed by atoms with Crippen LogP contribution < -0.4 is 0 Å². The predicted octanol–water partition coefficient (Wildman–Crippen LogP) is -0.653. The highest BCUT2D eigenvalue weighted by Crippen LogP contribution is 2.29. The van der Waals surface area contributed by atoms with Gasteiger partial charge in [0, 0.05) is 0 Å². The van der Waals surface area contributed by atoms with Gasteiger partial charge in [-0.15, -0.1) is 0 Å². The summed E-state index contributed by atoms with van der Waals surface area (Å²) in [5, 5.41) is 60.7. The number of aliphatic hydroxyl groups excluding tert-OH is 6. The van der Waals surface area contributed by atoms with Crippen molar-refractivity contribution in [1.82, 2.24) is 0 Å². The molecule has 0 unspecified atom stereocenters. The van der Waals surface area contributed by atoms with E-state index in [1.165, 1.54) is 12.5 Å². The lowest BCUT2D eigenvalue weighted by atomic mass is 9.97. The zero-order valence-electron chi connectivity index (χ0n) is 19.1. The first-order chi connectivity index (χ1) is 15.1. The Bertz CT molecular complexity index is 634. The van der Waals surface area contributed by atoms with Crippen LogP contribution in [-0.2, 0) is 18.9 Å². The zero-order chi connectivity index (χ0) is 24.0. The van der Waals surface area contributed by atoms with Crippen LogP contribution in [0.1, 0.15) is 40.5 Å². The number of rotatable bonds is 9. The summed E-state index contributed by atoms with van der Waals surface area (Å²) in [5.74, 6) is 0. The maximum absolute atomic E-state index is 10.7. The highest BCUT2D eigenvalue weighted by atomic mass is 16.7. The lowest BCUT2D eigenvalue weighted by Gasteiger charge is -2.45. The number of hydrogen-bond donors (Lipinski definition) is 6. The Morgan fingerprint density at radius 3 is 2.16 bits per heavy atom. The molecule has 0 saturated carbocycles. The Labute approximate surface area is 188 Å². The molecule has 10 heteroatoms. The van der Waals surface area contributed by atoms with Gasteiger partial charge in [-0.3, -0.25) is 0 Å². The monoisotopic (exact) mass is 462 g/mol. The largest absolute Gasteiger partial charge is 0.394 e. The number of aliphatic hydroxyl groups is 6. The van der Waals surface area contributed by atoms with Gasteiger partial charge in [-0.2, -0.15) is 0 Å². The zero-order valence-corrected chi connectivity index (χ0v) is 19.1. The molecule has 0 bridgehead atoms. The van der Waals surface area contributed by atoms with Gasteiger partial charge < -0.3 is 49.6 Å². The van der Waals surface area contributed by atoms with Crippen LogP contribution in [0.15, 0.2) is 23.3 Å². The van der Waals surface area contributed by atoms with Crippen LogP contribution in [0.2, 0.25) is 0 Å². The van der Waals surface area contributed by atoms with Gasteiger partial charge in [0.2, 0.25) is 0 Å². The molecule has 10 nitrogen and oxygen atoms in total. The molecule has 2 aliphatic heterocycles. The van der Waals surface area contributed by atoms with Crippen molar-refractivity contribution in [2.24, 2.45) is 0 Å². The van der Waals surface area contributed by atoms with Crippen LogP contribution in [0, 0.1) is 0 Å². The molecule has 2 fully saturated rings. The van der Waals surface area contributed by atoms with Crippen molar-refractivity contribution in [2.45, 2.75) is 102 Å². The number of ether oxygens (including phenoxy) is 4. The predicted molar refractivity (Wildman–Crippen MR) is 113 cm³/mol. The molecule has 0 aromatic carbocycles. The maximum Gasteiger partial charge on any atom is 0.187 e. The number of allylic oxidation sites excluding steroid dienone is 3. The van der Waals surface area contributed by atoms with Gasteiger partial charge in [0.25, 0.3) is 0 Å². The third kappa shape index (κ3) is 7.04. The first kappa shape index (κ1) is 27.3. The summed E-state index contributed by atoms with van der Waals surface area (Å²) in [6.45, 7) is 7.10. The molecule has 2 rings (SSSR count). The molecule has 2 heterocycles. The van der Waals surface area contributed by atoms with Crippen LogP contribution >= 0.6 is 0 Å². The first-order valence-corrected chi connectivity index (χ1v) is 10.9. The smallest absolute Gasteiger partial charge is 0.187 e. The summed E-state index contributed by atoms with van der Waals surface area (Å²) >= 11 is 0. The minimum absolute atomic E-state index is 0.133. The van der Waals surface area contributed by atoms with Crippen molar-refractivity contribution < 1.29 is 49.6 Å². The highest BCUT2D eigenvalue weighted by molar-refractivity contribution is 5.02. The molecule has 0 radical (unpaired) electrons. The SMILES string of the molecule is CC(C)=CCC/C(C)=C\CO[C@@H]1O[C@H](CO)[C@@H](O)[C@H](O[C@@H]2O[C@@H](C)[C@H](O)[C@@H](O)[C@H]2O)[C@H]1O. The lowest BCUT2D eigenvalue weighted by molar-refractivity contribution is -0.356. The van der Waals surface area contributed by atoms with Crippen molar-refractivity contribution in [3.8, 4) is 0 Å². The molecule has 10 atom stereocenters. The summed E-state index contributed by atoms with van der Waals surface area (Å²) < 4.78 is 22.1. The Kier molecular flexibility index (Phi) is 10.7. The first-order valence-electron chi connectivity index (χ1n) is 10.9. The second-order valence-corrected chi connectivity index (χ2v) is 8.69. The Morgan fingerprint density at radius 2 is 1.53 bits per heavy atom. The molecule has 0 amide bonds. The molecule has 32 heavy (non-hydrogen) atoms. The van der Waals surface area contributed by atoms with Crippen molar-refractivity contribution in [3.05, 3.63) is 23.3 Å². The van der Waals surface area contributed by atoms with Crippen LogP contribution in [0.3, 0.4) is 0 Å². The van der Waals surface area contributed by atoms with Gasteiger partial charge in [0.05, 0.1) is 19.3 Å². The number of hydrogen-bond acceptors (Lipinski definition) is 10. The van der Waals surface area contributed by atoms with Crippen LogP contribution in [0.25, 0.3) is 0 Å². The van der Waals surface area contributed by atoms with Gasteiger partial charge in [0.15, 0.2) is 12.6 Å². The second kappa shape index (κ2) is 12.5. The van der Waals surface area contributed by atoms with E-state index in [1.807, 2.05) is 26.8 Å². The van der Waals surface area contributed by atoms with Crippen molar-refractivity contribution in [1.29, 1.82) is 0 Å². The fourth-order valence-corrected chi connectivity index (χ4v) is 3.61. The Hall–Kier alpha value is -0.920. The van der Waals surface area contributed by atoms with E-state index in [0.717, 1.165) is 18.4 Å². The van der Waals surface area contributed by atoms with Crippen LogP contribution in [0.4, 0.5) is 0 Å². The van der Waals surface area contributed by atoms with E-state index in [-0.39, 0.29) is 6.61 Å². The van der Waals surface area contributed by atoms with Gasteiger partial charge in [0.1, 0.15) is 42.7 Å². The van der Waals surface area contributed by atoms with Gasteiger partial charge in [-0.1, -0.05) is 23.3 Å². The average Bonchev–Trinajstić information content (AvgIpc) is 2.74. The summed E-state index contributed by atoms with van der Waals surface area (Å²) in [4.78, 5) is 0. The molecule has 0 aromatic rings. The minimum atomic E-state index is -1.61. The van der Waals surface area contributed by atoms with E-state index in [0.29, 0.717) is 0 Å². The molecule has 0 aliphatic carbocycles. The van der Waals surface area contributed by atoms with Gasteiger partial charge >= 0.3 is 0 Å². The van der Waals surface area contributed by atoms with E-state index in [2.05, 4.69) is 6.08 Å². The van der Waals surface area contributed by atoms with Gasteiger partial charge in [-0.05, 0) is 40.5 Å². The highest BCUT2D eigenvalue weighted by Gasteiger charge is 2.50. The Morgan fingerprint density at radius 1 is 0.844 bits per heavy atom. The van der Waals surface area contributed by atoms with Crippen LogP contribution in [0.5, 0.6) is 0 Å². The van der Waals surface area contributed by atoms with Crippen molar-refractivity contribution >= 4 is 0 Å². The van der Waals surface area contributed by atoms with Crippen molar-refractivity contribution in [2.75, 3.05) is 13.2 Å². The topological polar surface area (TPSA) is 158 Å². The molecule has 0 aromatic heterocycles. The van der Waals surface area contributed by atoms with E-state index < -0.39 is 68.0 Å². The third-order valence-electron chi connectivity index (χ3n) is 5.71. The second-order valence-electron chi connectivity index (χ2n) is 8.69. The third-order valence-corrected chi connectivity index (χ3v) is 5.71. The molecular formula is C22H38O10. The van der Waals surface area contributed by atoms with Gasteiger partial charge in [-0.25, -0.2) is 0 Å². The summed E-state index contributed by atoms with van der Waals surface area (Å²) in [6, 6.07) is 0. The average molecular weight is 463 g/mol. The molecule has 2 aliphatic rings. The quantitative estimate of drug-likeness (QED) is 0.243. The summed E-state index contributed by atoms with van der Waals surface area (Å²) in [5.41, 5.74) is 2.34. The fraction of sp³-hybridized carbons (Fsp3) is 0.818. The summed E-state index contributed by atoms with van der Waals surface area (Å²) in [6.07, 6.45) is -7.56. The molecule has 0 spiro atoms. The fourth-order valence-electron chi connectivity index (χ4n) is 3.61. The normalized spacial score (nSPS) is 40.9. The molecule has 186 valence electrons. The minimum Gasteiger partial charge on any atom is -0.394 e. The van der Waals surface area contributed by atoms with E-state index >= 15 is 0 Å². The van der Waals surface area contributed by atoms with E-state index in [1.54, 1.807) is 0 Å². The molecule has 6 N–H and O–H groups in total. The Balaban J connectivity index is 2.01. The molecular weight excluding hydrogens is 424 g/mol. The van der Waals surface area contributed by atoms with E-state index in [4.69, 9.17) is 18.9 Å². The molecule has 2 saturated heterocycles. The maximum atomic E-state index is 10.7. The van der Waals surface area contributed by atoms with Crippen LogP contribution in [-0.4, -0.2) is 105 Å². The standard InChI is InChI=1S/C22H38O10/c1-11(2)6-5-7-12(3)8-9-29-21-19(28)20(16(25)14(10-23)31-21)32-22-18(27)17(26)15(24)13(4)30-22/h6,8,13-28H,5,7,9-10H2,1-4H3/b12-8-/t13-,14+,15-,16+,17+,18+,19+,20-,21+,22-/m0/s1. The van der Waals surface area contributed by atoms with Crippen molar-refractivity contribution in [3.63, 3.8) is 0 Å². The lowest BCUT2D eigenvalue weighted by Crippen LogP contribution is -2.64. The summed E-state index contributed by atoms with van der Waals surface area (Å²) in [7, 11) is 0. The van der Waals surface area contributed by atoms with E-state index in [9.17, 15) is 30.6 Å².